The molecule has 1 heterocycles. The monoisotopic (exact) mass is 524 g/mol. The average molecular weight is 525 g/mol. The molecule has 198 valence electrons. The van der Waals surface area contributed by atoms with Crippen LogP contribution in [0, 0.1) is 6.92 Å². The molecule has 0 saturated carbocycles. The third-order valence-electron chi connectivity index (χ3n) is 6.60. The molecular formula is C29H36N2O5S. The van der Waals surface area contributed by atoms with Crippen molar-refractivity contribution in [2.45, 2.75) is 56.7 Å². The van der Waals surface area contributed by atoms with Gasteiger partial charge in [0.25, 0.3) is 0 Å². The van der Waals surface area contributed by atoms with Crippen LogP contribution in [0.3, 0.4) is 0 Å². The number of hydrogen-bond acceptors (Lipinski definition) is 6. The molecule has 8 heteroatoms. The molecule has 0 unspecified atom stereocenters. The Morgan fingerprint density at radius 2 is 1.70 bits per heavy atom. The Morgan fingerprint density at radius 3 is 2.38 bits per heavy atom. The zero-order chi connectivity index (χ0) is 26.6. The van der Waals surface area contributed by atoms with E-state index in [0.717, 1.165) is 16.9 Å². The van der Waals surface area contributed by atoms with Gasteiger partial charge in [-0.2, -0.15) is 0 Å². The van der Waals surface area contributed by atoms with Crippen LogP contribution in [-0.2, 0) is 22.2 Å². The van der Waals surface area contributed by atoms with Crippen molar-refractivity contribution in [2.24, 2.45) is 0 Å². The van der Waals surface area contributed by atoms with Gasteiger partial charge in [0.2, 0.25) is 10.0 Å². The molecule has 1 fully saturated rings. The topological polar surface area (TPSA) is 88.1 Å². The fraction of sp³-hybridized carbons (Fsp3) is 0.379. The number of methoxy groups -OCH3 is 1. The number of hydrogen-bond donors (Lipinski definition) is 2. The zero-order valence-electron chi connectivity index (χ0n) is 21.9. The van der Waals surface area contributed by atoms with Gasteiger partial charge in [-0.25, -0.2) is 13.1 Å². The van der Waals surface area contributed by atoms with Gasteiger partial charge in [-0.1, -0.05) is 36.4 Å². The largest absolute Gasteiger partial charge is 0.493 e. The van der Waals surface area contributed by atoms with E-state index in [1.807, 2.05) is 55.5 Å². The normalized spacial score (nSPS) is 16.1. The lowest BCUT2D eigenvalue weighted by atomic mass is 9.84. The third-order valence-corrected chi connectivity index (χ3v) is 8.30. The van der Waals surface area contributed by atoms with Crippen molar-refractivity contribution in [2.75, 3.05) is 20.2 Å². The van der Waals surface area contributed by atoms with Crippen molar-refractivity contribution in [3.05, 3.63) is 83.4 Å². The lowest BCUT2D eigenvalue weighted by Gasteiger charge is -2.39. The van der Waals surface area contributed by atoms with Gasteiger partial charge in [0.05, 0.1) is 17.6 Å². The first-order valence-electron chi connectivity index (χ1n) is 12.6. The van der Waals surface area contributed by atoms with Crippen LogP contribution in [0.25, 0.3) is 0 Å². The molecule has 2 N–H and O–H groups in total. The fourth-order valence-electron chi connectivity index (χ4n) is 4.76. The fourth-order valence-corrected chi connectivity index (χ4v) is 6.39. The second-order valence-electron chi connectivity index (χ2n) is 9.98. The number of aliphatic hydroxyl groups is 1. The average Bonchev–Trinajstić information content (AvgIpc) is 2.85. The third kappa shape index (κ3) is 6.51. The lowest BCUT2D eigenvalue weighted by Crippen LogP contribution is -2.43. The van der Waals surface area contributed by atoms with Gasteiger partial charge in [-0.05, 0) is 75.1 Å². The van der Waals surface area contributed by atoms with Crippen LogP contribution in [0.1, 0.15) is 43.4 Å². The smallest absolute Gasteiger partial charge is 0.241 e. The van der Waals surface area contributed by atoms with E-state index in [9.17, 15) is 13.5 Å². The van der Waals surface area contributed by atoms with Crippen LogP contribution in [-0.4, -0.2) is 44.7 Å². The number of sulfonamides is 1. The van der Waals surface area contributed by atoms with E-state index in [2.05, 4.69) is 15.7 Å². The number of aryl methyl sites for hydroxylation is 1. The molecule has 0 spiro atoms. The first-order valence-corrected chi connectivity index (χ1v) is 14.1. The molecule has 0 amide bonds. The van der Waals surface area contributed by atoms with Gasteiger partial charge in [0.15, 0.2) is 11.5 Å². The summed E-state index contributed by atoms with van der Waals surface area (Å²) < 4.78 is 40.2. The molecule has 0 bridgehead atoms. The molecule has 0 radical (unpaired) electrons. The maximum Gasteiger partial charge on any atom is 0.241 e. The number of benzene rings is 3. The summed E-state index contributed by atoms with van der Waals surface area (Å²) in [5, 5.41) is 11.6. The van der Waals surface area contributed by atoms with Crippen LogP contribution >= 0.6 is 0 Å². The molecular weight excluding hydrogens is 488 g/mol. The highest BCUT2D eigenvalue weighted by atomic mass is 32.2. The lowest BCUT2D eigenvalue weighted by molar-refractivity contribution is -0.0299. The summed E-state index contributed by atoms with van der Waals surface area (Å²) in [5.41, 5.74) is 1.19. The summed E-state index contributed by atoms with van der Waals surface area (Å²) in [4.78, 5) is 2.43. The molecule has 37 heavy (non-hydrogen) atoms. The summed E-state index contributed by atoms with van der Waals surface area (Å²) in [6.07, 6.45) is 0.884. The van der Waals surface area contributed by atoms with E-state index >= 15 is 0 Å². The van der Waals surface area contributed by atoms with E-state index in [1.54, 1.807) is 33.1 Å². The molecule has 4 rings (SSSR count). The van der Waals surface area contributed by atoms with Gasteiger partial charge in [-0.3, -0.25) is 4.90 Å². The van der Waals surface area contributed by atoms with Crippen LogP contribution in [0.15, 0.2) is 71.6 Å². The Labute approximate surface area is 220 Å². The van der Waals surface area contributed by atoms with Crippen LogP contribution in [0.4, 0.5) is 0 Å². The second-order valence-corrected chi connectivity index (χ2v) is 11.7. The highest BCUT2D eigenvalue weighted by Crippen LogP contribution is 2.38. The Hall–Kier alpha value is -2.91. The molecule has 7 nitrogen and oxygen atoms in total. The molecule has 0 atom stereocenters. The molecule has 1 aliphatic heterocycles. The van der Waals surface area contributed by atoms with Crippen molar-refractivity contribution in [1.29, 1.82) is 0 Å². The minimum atomic E-state index is -3.74. The van der Waals surface area contributed by atoms with E-state index in [0.29, 0.717) is 49.5 Å². The number of ether oxygens (including phenoxy) is 2. The Balaban J connectivity index is 1.46. The predicted octanol–water partition coefficient (Wildman–Crippen LogP) is 4.97. The Kier molecular flexibility index (Phi) is 8.23. The molecule has 3 aromatic carbocycles. The maximum absolute atomic E-state index is 13.1. The van der Waals surface area contributed by atoms with E-state index in [-0.39, 0.29) is 10.9 Å². The van der Waals surface area contributed by atoms with Gasteiger partial charge in [-0.15, -0.1) is 0 Å². The van der Waals surface area contributed by atoms with E-state index < -0.39 is 15.6 Å². The van der Waals surface area contributed by atoms with Gasteiger partial charge in [0.1, 0.15) is 5.75 Å². The summed E-state index contributed by atoms with van der Waals surface area (Å²) in [6, 6.07) is 20.5. The highest BCUT2D eigenvalue weighted by Gasteiger charge is 2.38. The first-order chi connectivity index (χ1) is 17.6. The van der Waals surface area contributed by atoms with Crippen molar-refractivity contribution < 1.29 is 23.0 Å². The quantitative estimate of drug-likeness (QED) is 0.411. The summed E-state index contributed by atoms with van der Waals surface area (Å²) in [6.45, 7) is 7.41. The van der Waals surface area contributed by atoms with Crippen LogP contribution in [0.5, 0.6) is 17.2 Å². The van der Waals surface area contributed by atoms with Crippen LogP contribution < -0.4 is 14.2 Å². The standard InChI is InChI=1S/C29H36N2O5S/c1-21(2)30-37(33,34)28-18-22(3)12-13-25(28)29(32)14-16-31(17-15-29)20-23-8-7-9-24(19-23)36-27-11-6-5-10-26(27)35-4/h5-13,18-19,21,30,32H,14-17,20H2,1-4H3. The van der Waals surface area contributed by atoms with Crippen molar-refractivity contribution in [3.8, 4) is 17.2 Å². The number of likely N-dealkylation sites (tertiary alicyclic amines) is 1. The van der Waals surface area contributed by atoms with Gasteiger partial charge in [0, 0.05) is 31.2 Å². The predicted molar refractivity (Wildman–Crippen MR) is 145 cm³/mol. The Morgan fingerprint density at radius 1 is 1.00 bits per heavy atom. The summed E-state index contributed by atoms with van der Waals surface area (Å²) >= 11 is 0. The summed E-state index contributed by atoms with van der Waals surface area (Å²) in [5.74, 6) is 2.05. The zero-order valence-corrected chi connectivity index (χ0v) is 22.7. The number of nitrogens with one attached hydrogen (secondary N) is 1. The number of para-hydroxylation sites is 2. The minimum Gasteiger partial charge on any atom is -0.493 e. The minimum absolute atomic E-state index is 0.165. The Bertz CT molecular complexity index is 1330. The maximum atomic E-state index is 13.1. The van der Waals surface area contributed by atoms with E-state index in [1.165, 1.54) is 0 Å². The molecule has 3 aromatic rings. The van der Waals surface area contributed by atoms with Crippen molar-refractivity contribution in [1.82, 2.24) is 9.62 Å². The molecule has 0 aromatic heterocycles. The van der Waals surface area contributed by atoms with Crippen molar-refractivity contribution in [3.63, 3.8) is 0 Å². The number of piperidine rings is 1. The highest BCUT2D eigenvalue weighted by molar-refractivity contribution is 7.89. The number of rotatable bonds is 9. The van der Waals surface area contributed by atoms with Crippen molar-refractivity contribution >= 4 is 10.0 Å². The molecule has 1 saturated heterocycles. The first kappa shape index (κ1) is 27.1. The van der Waals surface area contributed by atoms with Gasteiger partial charge < -0.3 is 14.6 Å². The van der Waals surface area contributed by atoms with E-state index in [4.69, 9.17) is 9.47 Å². The molecule has 0 aliphatic carbocycles. The SMILES string of the molecule is COc1ccccc1Oc1cccc(CN2CCC(O)(c3ccc(C)cc3S(=O)(=O)NC(C)C)CC2)c1. The summed E-state index contributed by atoms with van der Waals surface area (Å²) in [7, 11) is -2.13. The molecule has 1 aliphatic rings. The van der Waals surface area contributed by atoms with Crippen LogP contribution in [0.2, 0.25) is 0 Å². The van der Waals surface area contributed by atoms with Gasteiger partial charge >= 0.3 is 0 Å². The second kappa shape index (κ2) is 11.2. The number of nitrogens with zero attached hydrogens (tertiary/aromatic N) is 1.